The molecule has 0 spiro atoms. The zero-order valence-electron chi connectivity index (χ0n) is 17.6. The maximum Gasteiger partial charge on any atom is 0.0541 e. The van der Waals surface area contributed by atoms with Crippen molar-refractivity contribution < 1.29 is 0 Å². The highest BCUT2D eigenvalue weighted by Gasteiger charge is 2.13. The molecule has 0 amide bonds. The molecule has 0 fully saturated rings. The smallest absolute Gasteiger partial charge is 0.0541 e. The summed E-state index contributed by atoms with van der Waals surface area (Å²) in [6, 6.07) is 36.0. The fourth-order valence-corrected chi connectivity index (χ4v) is 4.40. The lowest BCUT2D eigenvalue weighted by Gasteiger charge is -2.09. The van der Waals surface area contributed by atoms with Crippen molar-refractivity contribution in [3.63, 3.8) is 0 Å². The summed E-state index contributed by atoms with van der Waals surface area (Å²) < 4.78 is 2.33. The maximum absolute atomic E-state index is 4.35. The molecule has 4 aromatic carbocycles. The first-order valence-corrected chi connectivity index (χ1v) is 11.1. The summed E-state index contributed by atoms with van der Waals surface area (Å²) in [5.41, 5.74) is 7.85. The molecule has 0 saturated carbocycles. The molecule has 5 rings (SSSR count). The predicted molar refractivity (Wildman–Crippen MR) is 142 cm³/mol. The topological polar surface area (TPSA) is 4.93 Å². The van der Waals surface area contributed by atoms with Gasteiger partial charge in [0.15, 0.2) is 0 Å². The quantitative estimate of drug-likeness (QED) is 0.212. The lowest BCUT2D eigenvalue weighted by atomic mass is 9.98. The second-order valence-corrected chi connectivity index (χ2v) is 8.02. The molecule has 32 heavy (non-hydrogen) atoms. The van der Waals surface area contributed by atoms with Crippen LogP contribution in [0, 0.1) is 0 Å². The lowest BCUT2D eigenvalue weighted by molar-refractivity contribution is 1.18. The number of hydrogen-bond acceptors (Lipinski definition) is 1. The lowest BCUT2D eigenvalue weighted by Crippen LogP contribution is -1.93. The Morgan fingerprint density at radius 3 is 2.09 bits per heavy atom. The van der Waals surface area contributed by atoms with Crippen molar-refractivity contribution in [2.45, 2.75) is 0 Å². The molecule has 0 aliphatic heterocycles. The molecule has 5 aromatic rings. The summed E-state index contributed by atoms with van der Waals surface area (Å²) in [6.45, 7) is 4.29. The van der Waals surface area contributed by atoms with Gasteiger partial charge in [0.1, 0.15) is 0 Å². The van der Waals surface area contributed by atoms with E-state index in [9.17, 15) is 0 Å². The highest BCUT2D eigenvalue weighted by atomic mass is 32.1. The molecular weight excluding hydrogens is 406 g/mol. The van der Waals surface area contributed by atoms with Gasteiger partial charge in [-0.25, -0.2) is 0 Å². The van der Waals surface area contributed by atoms with Gasteiger partial charge in [0.25, 0.3) is 0 Å². The predicted octanol–water partition coefficient (Wildman–Crippen LogP) is 8.32. The Kier molecular flexibility index (Phi) is 5.53. The van der Waals surface area contributed by atoms with Gasteiger partial charge < -0.3 is 4.57 Å². The highest BCUT2D eigenvalue weighted by molar-refractivity contribution is 7.83. The van der Waals surface area contributed by atoms with Crippen LogP contribution in [0.25, 0.3) is 38.6 Å². The molecule has 0 aliphatic carbocycles. The molecule has 0 saturated heterocycles. The van der Waals surface area contributed by atoms with Gasteiger partial charge in [-0.15, -0.1) is 0 Å². The van der Waals surface area contributed by atoms with Gasteiger partial charge in [-0.05, 0) is 70.2 Å². The standard InChI is InChI=1S/C30H23NS/c1-22(23-10-4-2-5-11-23)20-25(18-19-32)24-16-17-30-28(21-24)27-14-8-9-15-29(27)31(30)26-12-6-3-7-13-26/h2-21,32H,1H2/b19-18-,25-20+. The Morgan fingerprint density at radius 1 is 0.688 bits per heavy atom. The van der Waals surface area contributed by atoms with Crippen LogP contribution >= 0.6 is 12.6 Å². The van der Waals surface area contributed by atoms with Crippen LogP contribution in [0.15, 0.2) is 127 Å². The van der Waals surface area contributed by atoms with Crippen LogP contribution in [0.5, 0.6) is 0 Å². The van der Waals surface area contributed by atoms with Crippen molar-refractivity contribution in [2.24, 2.45) is 0 Å². The average Bonchev–Trinajstić information content (AvgIpc) is 3.18. The number of benzene rings is 4. The fourth-order valence-electron chi connectivity index (χ4n) is 4.24. The number of hydrogen-bond donors (Lipinski definition) is 1. The normalized spacial score (nSPS) is 12.1. The molecule has 0 bridgehead atoms. The molecule has 0 radical (unpaired) electrons. The maximum atomic E-state index is 4.35. The number of fused-ring (bicyclic) bond motifs is 3. The molecule has 1 nitrogen and oxygen atoms in total. The van der Waals surface area contributed by atoms with Crippen LogP contribution < -0.4 is 0 Å². The van der Waals surface area contributed by atoms with E-state index in [0.717, 1.165) is 28.0 Å². The zero-order chi connectivity index (χ0) is 21.9. The van der Waals surface area contributed by atoms with Crippen molar-refractivity contribution in [2.75, 3.05) is 0 Å². The highest BCUT2D eigenvalue weighted by Crippen LogP contribution is 2.34. The molecule has 154 valence electrons. The second-order valence-electron chi connectivity index (χ2n) is 7.73. The Balaban J connectivity index is 1.70. The largest absolute Gasteiger partial charge is 0.309 e. The van der Waals surface area contributed by atoms with Crippen LogP contribution in [0.1, 0.15) is 11.1 Å². The van der Waals surface area contributed by atoms with Gasteiger partial charge in [-0.1, -0.05) is 79.4 Å². The van der Waals surface area contributed by atoms with E-state index in [1.807, 2.05) is 24.3 Å². The van der Waals surface area contributed by atoms with Gasteiger partial charge in [0.2, 0.25) is 0 Å². The summed E-state index contributed by atoms with van der Waals surface area (Å²) >= 11 is 4.35. The third-order valence-corrected chi connectivity index (χ3v) is 5.90. The number of rotatable bonds is 5. The van der Waals surface area contributed by atoms with E-state index in [2.05, 4.69) is 115 Å². The Hall–Kier alpha value is -3.75. The number of aromatic nitrogens is 1. The van der Waals surface area contributed by atoms with Gasteiger partial charge in [0, 0.05) is 16.5 Å². The number of allylic oxidation sites excluding steroid dienone is 4. The van der Waals surface area contributed by atoms with Gasteiger partial charge in [-0.3, -0.25) is 0 Å². The molecule has 0 aliphatic rings. The third kappa shape index (κ3) is 3.70. The van der Waals surface area contributed by atoms with Gasteiger partial charge >= 0.3 is 0 Å². The molecule has 1 heterocycles. The van der Waals surface area contributed by atoms with Crippen molar-refractivity contribution >= 4 is 45.6 Å². The number of nitrogens with zero attached hydrogens (tertiary/aromatic N) is 1. The summed E-state index contributed by atoms with van der Waals surface area (Å²) in [4.78, 5) is 0. The molecule has 1 aromatic heterocycles. The van der Waals surface area contributed by atoms with E-state index < -0.39 is 0 Å². The van der Waals surface area contributed by atoms with Crippen molar-refractivity contribution in [1.29, 1.82) is 0 Å². The van der Waals surface area contributed by atoms with Crippen LogP contribution in [0.4, 0.5) is 0 Å². The Morgan fingerprint density at radius 2 is 1.34 bits per heavy atom. The minimum atomic E-state index is 0.971. The second kappa shape index (κ2) is 8.78. The SMILES string of the molecule is C=C(/C=C(\C=C/S)c1ccc2c(c1)c1ccccc1n2-c1ccccc1)c1ccccc1. The van der Waals surface area contributed by atoms with E-state index in [-0.39, 0.29) is 0 Å². The molecular formula is C30H23NS. The first-order valence-electron chi connectivity index (χ1n) is 10.6. The summed E-state index contributed by atoms with van der Waals surface area (Å²) in [5, 5.41) is 4.25. The fraction of sp³-hybridized carbons (Fsp3) is 0. The van der Waals surface area contributed by atoms with Crippen molar-refractivity contribution in [3.8, 4) is 5.69 Å². The van der Waals surface area contributed by atoms with Crippen molar-refractivity contribution in [1.82, 2.24) is 4.57 Å². The zero-order valence-corrected chi connectivity index (χ0v) is 18.5. The Bertz CT molecular complexity index is 1470. The Labute approximate surface area is 194 Å². The summed E-state index contributed by atoms with van der Waals surface area (Å²) in [6.07, 6.45) is 4.15. The van der Waals surface area contributed by atoms with E-state index in [0.29, 0.717) is 0 Å². The first kappa shape index (κ1) is 20.2. The molecule has 0 atom stereocenters. The minimum Gasteiger partial charge on any atom is -0.309 e. The van der Waals surface area contributed by atoms with Crippen LogP contribution in [-0.4, -0.2) is 4.57 Å². The van der Waals surface area contributed by atoms with E-state index in [1.54, 1.807) is 5.41 Å². The average molecular weight is 430 g/mol. The van der Waals surface area contributed by atoms with Gasteiger partial charge in [0.05, 0.1) is 11.0 Å². The van der Waals surface area contributed by atoms with E-state index in [1.165, 1.54) is 21.8 Å². The van der Waals surface area contributed by atoms with Gasteiger partial charge in [-0.2, -0.15) is 12.6 Å². The molecule has 2 heteroatoms. The summed E-state index contributed by atoms with van der Waals surface area (Å²) in [7, 11) is 0. The van der Waals surface area contributed by atoms with Crippen LogP contribution in [0.3, 0.4) is 0 Å². The third-order valence-electron chi connectivity index (χ3n) is 5.75. The molecule has 0 unspecified atom stereocenters. The van der Waals surface area contributed by atoms with E-state index >= 15 is 0 Å². The molecule has 0 N–H and O–H groups in total. The first-order chi connectivity index (χ1) is 15.8. The summed E-state index contributed by atoms with van der Waals surface area (Å²) in [5.74, 6) is 0. The minimum absolute atomic E-state index is 0.971. The number of thiol groups is 1. The number of para-hydroxylation sites is 2. The van der Waals surface area contributed by atoms with Crippen LogP contribution in [0.2, 0.25) is 0 Å². The van der Waals surface area contributed by atoms with Crippen molar-refractivity contribution in [3.05, 3.63) is 138 Å². The monoisotopic (exact) mass is 429 g/mol. The van der Waals surface area contributed by atoms with E-state index in [4.69, 9.17) is 0 Å². The van der Waals surface area contributed by atoms with Crippen LogP contribution in [-0.2, 0) is 0 Å².